The maximum atomic E-state index is 15.9. The number of H-pyrrole nitrogens is 1. The second-order valence-corrected chi connectivity index (χ2v) is 17.9. The lowest BCUT2D eigenvalue weighted by molar-refractivity contribution is 0.191. The van der Waals surface area contributed by atoms with Gasteiger partial charge < -0.3 is 35.4 Å². The summed E-state index contributed by atoms with van der Waals surface area (Å²) >= 11 is 0. The Morgan fingerprint density at radius 3 is 1.94 bits per heavy atom. The fourth-order valence-corrected chi connectivity index (χ4v) is 10.4. The minimum atomic E-state index is -4.96. The van der Waals surface area contributed by atoms with Gasteiger partial charge in [0.25, 0.3) is 0 Å². The molecule has 1 atom stereocenters. The molecule has 19 nitrogen and oxygen atoms in total. The maximum absolute atomic E-state index is 15.9. The Balaban J connectivity index is 1.50. The van der Waals surface area contributed by atoms with Crippen molar-refractivity contribution in [1.82, 2.24) is 44.5 Å². The van der Waals surface area contributed by atoms with Gasteiger partial charge in [-0.1, -0.05) is 54.6 Å². The summed E-state index contributed by atoms with van der Waals surface area (Å²) in [6.45, 7) is 0.689. The minimum absolute atomic E-state index is 0.0908. The Kier molecular flexibility index (Phi) is 12.9. The number of hydrogen-bond acceptors (Lipinski definition) is 13. The molecule has 7 rings (SSSR count). The van der Waals surface area contributed by atoms with Crippen LogP contribution in [-0.2, 0) is 39.7 Å². The molecular weight excluding hydrogens is 853 g/mol. The van der Waals surface area contributed by atoms with E-state index in [-0.39, 0.29) is 42.5 Å². The van der Waals surface area contributed by atoms with E-state index in [9.17, 15) is 18.3 Å². The van der Waals surface area contributed by atoms with E-state index in [1.807, 2.05) is 0 Å². The van der Waals surface area contributed by atoms with Gasteiger partial charge in [-0.05, 0) is 82.9 Å². The fraction of sp³-hybridized carbons (Fsp3) is 0.214. The topological polar surface area (TPSA) is 259 Å². The normalized spacial score (nSPS) is 12.3. The molecule has 6 N–H and O–H groups in total. The number of nitrogens with one attached hydrogen (secondary N) is 3. The lowest BCUT2D eigenvalue weighted by Gasteiger charge is -2.26. The summed E-state index contributed by atoms with van der Waals surface area (Å²) in [7, 11) is -5.16. The molecule has 5 aromatic carbocycles. The van der Waals surface area contributed by atoms with Crippen molar-refractivity contribution in [3.8, 4) is 39.8 Å². The van der Waals surface area contributed by atoms with E-state index < -0.39 is 48.5 Å². The summed E-state index contributed by atoms with van der Waals surface area (Å²) < 4.78 is 80.6. The number of aromatic nitrogens is 6. The van der Waals surface area contributed by atoms with Crippen LogP contribution in [0.5, 0.6) is 17.2 Å². The number of hydrogen-bond donors (Lipinski definition) is 5. The van der Waals surface area contributed by atoms with Gasteiger partial charge in [-0.15, -0.1) is 10.2 Å². The van der Waals surface area contributed by atoms with Crippen LogP contribution in [0.25, 0.3) is 33.5 Å². The van der Waals surface area contributed by atoms with Gasteiger partial charge in [-0.25, -0.2) is 31.3 Å². The van der Waals surface area contributed by atoms with Crippen molar-refractivity contribution in [2.75, 3.05) is 33.6 Å². The first kappa shape index (κ1) is 44.0. The number of anilines is 1. The molecule has 0 radical (unpaired) electrons. The molecule has 2 aromatic heterocycles. The first-order valence-corrected chi connectivity index (χ1v) is 22.2. The zero-order valence-electron chi connectivity index (χ0n) is 34.5. The quantitative estimate of drug-likeness (QED) is 0.0771. The molecule has 2 heterocycles. The second-order valence-electron chi connectivity index (χ2n) is 14.3. The highest BCUT2D eigenvalue weighted by atomic mass is 32.2. The molecule has 21 heteroatoms. The molecule has 0 bridgehead atoms. The van der Waals surface area contributed by atoms with E-state index in [0.29, 0.717) is 45.0 Å². The minimum Gasteiger partial charge on any atom is -0.497 e. The Hall–Kier alpha value is -7.07. The fourth-order valence-electron chi connectivity index (χ4n) is 6.85. The van der Waals surface area contributed by atoms with Crippen LogP contribution >= 0.6 is 0 Å². The molecule has 0 aliphatic rings. The zero-order valence-corrected chi connectivity index (χ0v) is 36.1. The number of para-hydroxylation sites is 1. The Labute approximate surface area is 362 Å². The average Bonchev–Trinajstić information content (AvgIpc) is 3.91. The smallest absolute Gasteiger partial charge is 0.404 e. The third-order valence-corrected chi connectivity index (χ3v) is 13.4. The van der Waals surface area contributed by atoms with Crippen molar-refractivity contribution in [1.29, 1.82) is 0 Å². The van der Waals surface area contributed by atoms with E-state index >= 15 is 8.42 Å². The van der Waals surface area contributed by atoms with E-state index in [1.54, 1.807) is 98.1 Å². The number of nitrogens with zero attached hydrogens (tertiary/aromatic N) is 6. The average molecular weight is 897 g/mol. The van der Waals surface area contributed by atoms with Crippen LogP contribution in [0.3, 0.4) is 0 Å². The predicted octanol–water partition coefficient (Wildman–Crippen LogP) is 4.87. The van der Waals surface area contributed by atoms with Gasteiger partial charge >= 0.3 is 6.09 Å². The summed E-state index contributed by atoms with van der Waals surface area (Å²) in [6.07, 6.45) is -1.37. The number of carbonyl (C=O) groups is 1. The van der Waals surface area contributed by atoms with Gasteiger partial charge in [-0.3, -0.25) is 0 Å². The molecule has 0 aliphatic heterocycles. The molecule has 0 saturated carbocycles. The number of methoxy groups -OCH3 is 3. The number of aromatic amines is 1. The number of nitrogen functional groups attached to an aromatic ring is 1. The summed E-state index contributed by atoms with van der Waals surface area (Å²) in [6, 6.07) is 27.6. The van der Waals surface area contributed by atoms with Crippen molar-refractivity contribution in [2.24, 2.45) is 0 Å². The molecule has 328 valence electrons. The molecule has 0 aliphatic carbocycles. The SMILES string of the molecule is COc1ccc(CN(Cc2ccc(OC)cc2)S(=O)(=O)c2c(S(=O)(=O)NCC(C)NC(=O)O)ccc(-c3cccc4[nH]c(N)nc34)c2-c2nnn(Cc3ccc(OC)cc3)n2)cc1. The van der Waals surface area contributed by atoms with Crippen LogP contribution in [0.2, 0.25) is 0 Å². The van der Waals surface area contributed by atoms with Crippen molar-refractivity contribution in [3.05, 3.63) is 120 Å². The van der Waals surface area contributed by atoms with Crippen molar-refractivity contribution in [2.45, 2.75) is 42.4 Å². The van der Waals surface area contributed by atoms with Gasteiger partial charge in [0.05, 0.1) is 44.5 Å². The predicted molar refractivity (Wildman–Crippen MR) is 233 cm³/mol. The summed E-state index contributed by atoms with van der Waals surface area (Å²) in [5.41, 5.74) is 9.26. The highest BCUT2D eigenvalue weighted by Crippen LogP contribution is 2.43. The number of nitrogens with two attached hydrogens (primary N) is 1. The van der Waals surface area contributed by atoms with E-state index in [0.717, 1.165) is 9.87 Å². The second kappa shape index (κ2) is 18.5. The third kappa shape index (κ3) is 9.86. The van der Waals surface area contributed by atoms with Crippen molar-refractivity contribution in [3.63, 3.8) is 0 Å². The molecule has 1 amide bonds. The van der Waals surface area contributed by atoms with Gasteiger partial charge in [0.15, 0.2) is 5.95 Å². The van der Waals surface area contributed by atoms with Crippen LogP contribution < -0.4 is 30.0 Å². The molecule has 0 saturated heterocycles. The molecule has 1 unspecified atom stereocenters. The Morgan fingerprint density at radius 1 is 0.810 bits per heavy atom. The maximum Gasteiger partial charge on any atom is 0.404 e. The van der Waals surface area contributed by atoms with Crippen LogP contribution in [0.1, 0.15) is 23.6 Å². The summed E-state index contributed by atoms with van der Waals surface area (Å²) in [5, 5.41) is 24.8. The van der Waals surface area contributed by atoms with Gasteiger partial charge in [0.1, 0.15) is 27.0 Å². The van der Waals surface area contributed by atoms with E-state index in [4.69, 9.17) is 19.9 Å². The standard InChI is InChI=1S/C42H44N10O9S2/c1-26(45-42(53)54)22-44-62(55,56)36-21-20-33(34-6-5-7-35-38(34)47-41(43)46-35)37(40-48-50-52(49-40)25-29-12-18-32(61-4)19-13-29)39(36)63(57,58)51(23-27-8-14-30(59-2)15-9-27)24-28-10-16-31(60-3)17-11-28/h5-21,26,44-45H,22-25H2,1-4H3,(H,53,54)(H3,43,46,47). The summed E-state index contributed by atoms with van der Waals surface area (Å²) in [4.78, 5) is 18.8. The highest BCUT2D eigenvalue weighted by molar-refractivity contribution is 7.92. The van der Waals surface area contributed by atoms with Crippen molar-refractivity contribution >= 4 is 43.1 Å². The molecule has 63 heavy (non-hydrogen) atoms. The van der Waals surface area contributed by atoms with Crippen LogP contribution in [0.15, 0.2) is 113 Å². The summed E-state index contributed by atoms with van der Waals surface area (Å²) in [5.74, 6) is 1.59. The monoisotopic (exact) mass is 896 g/mol. The number of amides is 1. The van der Waals surface area contributed by atoms with Gasteiger partial charge in [0, 0.05) is 31.2 Å². The van der Waals surface area contributed by atoms with Gasteiger partial charge in [0.2, 0.25) is 25.9 Å². The van der Waals surface area contributed by atoms with Gasteiger partial charge in [-0.2, -0.15) is 9.10 Å². The van der Waals surface area contributed by atoms with E-state index in [2.05, 4.69) is 35.4 Å². The Bertz CT molecular complexity index is 2910. The lowest BCUT2D eigenvalue weighted by atomic mass is 9.98. The third-order valence-electron chi connectivity index (χ3n) is 9.98. The number of benzene rings is 5. The number of ether oxygens (including phenoxy) is 3. The first-order valence-electron chi connectivity index (χ1n) is 19.3. The number of sulfonamides is 2. The number of fused-ring (bicyclic) bond motifs is 1. The largest absolute Gasteiger partial charge is 0.497 e. The molecule has 7 aromatic rings. The number of carboxylic acid groups (broad SMARTS) is 1. The van der Waals surface area contributed by atoms with Crippen LogP contribution in [0, 0.1) is 0 Å². The van der Waals surface area contributed by atoms with E-state index in [1.165, 1.54) is 38.1 Å². The number of tetrazole rings is 1. The highest BCUT2D eigenvalue weighted by Gasteiger charge is 2.38. The van der Waals surface area contributed by atoms with Crippen LogP contribution in [-0.4, -0.2) is 96.4 Å². The zero-order chi connectivity index (χ0) is 44.9. The number of imidazole rings is 1. The number of rotatable bonds is 18. The Morgan fingerprint density at radius 2 is 1.38 bits per heavy atom. The van der Waals surface area contributed by atoms with Crippen LogP contribution in [0.4, 0.5) is 10.7 Å². The first-order chi connectivity index (χ1) is 30.2. The molecular formula is C42H44N10O9S2. The molecule has 0 fully saturated rings. The molecule has 0 spiro atoms. The van der Waals surface area contributed by atoms with Crippen molar-refractivity contribution < 1.29 is 40.9 Å². The lowest BCUT2D eigenvalue weighted by Crippen LogP contribution is -2.41.